The van der Waals surface area contributed by atoms with E-state index < -0.39 is 0 Å². The first-order valence-corrected chi connectivity index (χ1v) is 4.28. The van der Waals surface area contributed by atoms with E-state index in [1.807, 2.05) is 20.8 Å². The van der Waals surface area contributed by atoms with Crippen molar-refractivity contribution >= 4 is 5.78 Å². The molecule has 0 saturated heterocycles. The summed E-state index contributed by atoms with van der Waals surface area (Å²) in [4.78, 5) is 11.6. The molecule has 0 aliphatic heterocycles. The molecule has 0 bridgehead atoms. The molecule has 0 amide bonds. The third kappa shape index (κ3) is 2.65. The molecule has 0 aliphatic carbocycles. The molecule has 0 aliphatic rings. The highest BCUT2D eigenvalue weighted by Crippen LogP contribution is 2.16. The lowest BCUT2D eigenvalue weighted by Crippen LogP contribution is -2.22. The standard InChI is InChI=1S/C9H15N3O/c1-9(2,3)8(13)5-7-6-12(4)11-10-7/h6H,5H2,1-4H3. The highest BCUT2D eigenvalue weighted by Gasteiger charge is 2.21. The Kier molecular flexibility index (Phi) is 2.50. The molecule has 0 fully saturated rings. The van der Waals surface area contributed by atoms with Crippen molar-refractivity contribution in [3.8, 4) is 0 Å². The van der Waals surface area contributed by atoms with Crippen molar-refractivity contribution in [3.63, 3.8) is 0 Å². The van der Waals surface area contributed by atoms with Gasteiger partial charge in [-0.2, -0.15) is 0 Å². The molecule has 1 aromatic heterocycles. The molecular formula is C9H15N3O. The molecule has 0 atom stereocenters. The normalized spacial score (nSPS) is 11.7. The maximum atomic E-state index is 11.6. The monoisotopic (exact) mass is 181 g/mol. The van der Waals surface area contributed by atoms with Gasteiger partial charge < -0.3 is 0 Å². The van der Waals surface area contributed by atoms with Crippen LogP contribution < -0.4 is 0 Å². The predicted molar refractivity (Wildman–Crippen MR) is 49.2 cm³/mol. The number of nitrogens with zero attached hydrogens (tertiary/aromatic N) is 3. The quantitative estimate of drug-likeness (QED) is 0.683. The van der Waals surface area contributed by atoms with Gasteiger partial charge in [-0.3, -0.25) is 9.48 Å². The van der Waals surface area contributed by atoms with Crippen LogP contribution >= 0.6 is 0 Å². The molecule has 0 N–H and O–H groups in total. The van der Waals surface area contributed by atoms with Crippen molar-refractivity contribution < 1.29 is 4.79 Å². The van der Waals surface area contributed by atoms with Crippen LogP contribution in [0.25, 0.3) is 0 Å². The minimum absolute atomic E-state index is 0.188. The van der Waals surface area contributed by atoms with Gasteiger partial charge in [0.15, 0.2) is 0 Å². The van der Waals surface area contributed by atoms with Gasteiger partial charge in [0.1, 0.15) is 5.78 Å². The predicted octanol–water partition coefficient (Wildman–Crippen LogP) is 0.973. The van der Waals surface area contributed by atoms with Crippen molar-refractivity contribution in [2.24, 2.45) is 12.5 Å². The van der Waals surface area contributed by atoms with Crippen LogP contribution in [0.4, 0.5) is 0 Å². The summed E-state index contributed by atoms with van der Waals surface area (Å²) in [6.07, 6.45) is 2.14. The van der Waals surface area contributed by atoms with Crippen molar-refractivity contribution in [2.75, 3.05) is 0 Å². The lowest BCUT2D eigenvalue weighted by Gasteiger charge is -2.14. The second-order valence-electron chi connectivity index (χ2n) is 4.23. The zero-order chi connectivity index (χ0) is 10.1. The smallest absolute Gasteiger partial charge is 0.144 e. The van der Waals surface area contributed by atoms with Gasteiger partial charge in [-0.15, -0.1) is 5.10 Å². The number of rotatable bonds is 2. The highest BCUT2D eigenvalue weighted by atomic mass is 16.1. The van der Waals surface area contributed by atoms with Crippen LogP contribution in [-0.4, -0.2) is 20.8 Å². The number of ketones is 1. The zero-order valence-electron chi connectivity index (χ0n) is 8.53. The van der Waals surface area contributed by atoms with Crippen molar-refractivity contribution in [1.82, 2.24) is 15.0 Å². The molecule has 0 spiro atoms. The Morgan fingerprint density at radius 2 is 2.15 bits per heavy atom. The Bertz CT molecular complexity index is 309. The number of hydrogen-bond acceptors (Lipinski definition) is 3. The second-order valence-corrected chi connectivity index (χ2v) is 4.23. The van der Waals surface area contributed by atoms with Crippen LogP contribution in [0.5, 0.6) is 0 Å². The van der Waals surface area contributed by atoms with E-state index in [9.17, 15) is 4.79 Å². The Morgan fingerprint density at radius 3 is 2.54 bits per heavy atom. The lowest BCUT2D eigenvalue weighted by molar-refractivity contribution is -0.125. The lowest BCUT2D eigenvalue weighted by atomic mass is 9.88. The average molecular weight is 181 g/mol. The van der Waals surface area contributed by atoms with Crippen molar-refractivity contribution in [1.29, 1.82) is 0 Å². The Balaban J connectivity index is 2.65. The summed E-state index contributed by atoms with van der Waals surface area (Å²) < 4.78 is 1.60. The van der Waals surface area contributed by atoms with E-state index in [4.69, 9.17) is 0 Å². The van der Waals surface area contributed by atoms with E-state index in [0.29, 0.717) is 6.42 Å². The summed E-state index contributed by atoms with van der Waals surface area (Å²) in [5, 5.41) is 7.63. The number of Topliss-reactive ketones (excluding diaryl/α,β-unsaturated/α-hetero) is 1. The summed E-state index contributed by atoms with van der Waals surface area (Å²) in [6.45, 7) is 5.73. The van der Waals surface area contributed by atoms with Gasteiger partial charge in [-0.25, -0.2) is 0 Å². The van der Waals surface area contributed by atoms with Gasteiger partial charge in [0, 0.05) is 18.7 Å². The number of carbonyl (C=O) groups is 1. The Hall–Kier alpha value is -1.19. The molecule has 72 valence electrons. The number of aromatic nitrogens is 3. The first-order chi connectivity index (χ1) is 5.89. The summed E-state index contributed by atoms with van der Waals surface area (Å²) in [5.41, 5.74) is 0.444. The third-order valence-corrected chi connectivity index (χ3v) is 1.83. The van der Waals surface area contributed by atoms with Crippen LogP contribution in [0.15, 0.2) is 6.20 Å². The summed E-state index contributed by atoms with van der Waals surface area (Å²) >= 11 is 0. The van der Waals surface area contributed by atoms with E-state index in [1.165, 1.54) is 0 Å². The van der Waals surface area contributed by atoms with Gasteiger partial charge in [0.05, 0.1) is 12.1 Å². The van der Waals surface area contributed by atoms with Crippen LogP contribution in [-0.2, 0) is 18.3 Å². The zero-order valence-corrected chi connectivity index (χ0v) is 8.53. The molecule has 0 unspecified atom stereocenters. The summed E-state index contributed by atoms with van der Waals surface area (Å²) in [5.74, 6) is 0.188. The molecule has 13 heavy (non-hydrogen) atoms. The molecule has 0 aromatic carbocycles. The van der Waals surface area contributed by atoms with E-state index in [-0.39, 0.29) is 11.2 Å². The molecular weight excluding hydrogens is 166 g/mol. The minimum Gasteiger partial charge on any atom is -0.299 e. The van der Waals surface area contributed by atoms with Gasteiger partial charge in [-0.1, -0.05) is 26.0 Å². The van der Waals surface area contributed by atoms with Crippen LogP contribution in [0, 0.1) is 5.41 Å². The summed E-state index contributed by atoms with van der Waals surface area (Å²) in [6, 6.07) is 0. The Labute approximate surface area is 77.9 Å². The fourth-order valence-corrected chi connectivity index (χ4v) is 0.906. The summed E-state index contributed by atoms with van der Waals surface area (Å²) in [7, 11) is 1.79. The van der Waals surface area contributed by atoms with E-state index in [2.05, 4.69) is 10.3 Å². The van der Waals surface area contributed by atoms with E-state index in [1.54, 1.807) is 17.9 Å². The molecule has 1 aromatic rings. The van der Waals surface area contributed by atoms with Crippen LogP contribution in [0.1, 0.15) is 26.5 Å². The molecule has 1 heterocycles. The van der Waals surface area contributed by atoms with Gasteiger partial charge >= 0.3 is 0 Å². The van der Waals surface area contributed by atoms with Gasteiger partial charge in [-0.05, 0) is 0 Å². The maximum Gasteiger partial charge on any atom is 0.144 e. The molecule has 0 radical (unpaired) electrons. The maximum absolute atomic E-state index is 11.6. The van der Waals surface area contributed by atoms with Gasteiger partial charge in [0.2, 0.25) is 0 Å². The molecule has 4 heteroatoms. The largest absolute Gasteiger partial charge is 0.299 e. The molecule has 0 saturated carbocycles. The van der Waals surface area contributed by atoms with Crippen LogP contribution in [0.3, 0.4) is 0 Å². The number of aryl methyl sites for hydroxylation is 1. The van der Waals surface area contributed by atoms with Crippen LogP contribution in [0.2, 0.25) is 0 Å². The molecule has 4 nitrogen and oxygen atoms in total. The number of carbonyl (C=O) groups excluding carboxylic acids is 1. The van der Waals surface area contributed by atoms with E-state index >= 15 is 0 Å². The Morgan fingerprint density at radius 1 is 1.54 bits per heavy atom. The topological polar surface area (TPSA) is 47.8 Å². The van der Waals surface area contributed by atoms with E-state index in [0.717, 1.165) is 5.69 Å². The highest BCUT2D eigenvalue weighted by molar-refractivity contribution is 5.85. The van der Waals surface area contributed by atoms with Gasteiger partial charge in [0.25, 0.3) is 0 Å². The third-order valence-electron chi connectivity index (χ3n) is 1.83. The second kappa shape index (κ2) is 3.28. The molecule has 1 rings (SSSR count). The first kappa shape index (κ1) is 9.89. The average Bonchev–Trinajstić information content (AvgIpc) is 2.33. The van der Waals surface area contributed by atoms with Crippen molar-refractivity contribution in [3.05, 3.63) is 11.9 Å². The fraction of sp³-hybridized carbons (Fsp3) is 0.667. The minimum atomic E-state index is -0.294. The first-order valence-electron chi connectivity index (χ1n) is 4.28. The number of hydrogen-bond donors (Lipinski definition) is 0. The van der Waals surface area contributed by atoms with Crippen molar-refractivity contribution in [2.45, 2.75) is 27.2 Å². The SMILES string of the molecule is Cn1cc(CC(=O)C(C)(C)C)nn1. The fourth-order valence-electron chi connectivity index (χ4n) is 0.906.